The molecule has 0 spiro atoms. The number of nitrogens with one attached hydrogen (secondary N) is 2. The van der Waals surface area contributed by atoms with E-state index in [0.717, 1.165) is 5.56 Å². The Kier molecular flexibility index (Phi) is 6.87. The van der Waals surface area contributed by atoms with E-state index in [4.69, 9.17) is 5.11 Å². The Bertz CT molecular complexity index is 468. The number of carbonyl (C=O) groups is 1. The Morgan fingerprint density at radius 2 is 2.10 bits per heavy atom. The minimum Gasteiger partial charge on any atom is -0.434 e. The zero-order valence-electron chi connectivity index (χ0n) is 12.0. The van der Waals surface area contributed by atoms with Crippen LogP contribution in [0.2, 0.25) is 0 Å². The number of ether oxygens (including phenoxy) is 1. The normalized spacial score (nSPS) is 12.1. The van der Waals surface area contributed by atoms with Gasteiger partial charge in [-0.05, 0) is 26.3 Å². The van der Waals surface area contributed by atoms with Gasteiger partial charge in [0.1, 0.15) is 5.75 Å². The van der Waals surface area contributed by atoms with Gasteiger partial charge in [0.05, 0.1) is 6.10 Å². The largest absolute Gasteiger partial charge is 0.434 e. The van der Waals surface area contributed by atoms with Gasteiger partial charge in [-0.3, -0.25) is 0 Å². The first-order valence-corrected chi connectivity index (χ1v) is 6.62. The van der Waals surface area contributed by atoms with Crippen molar-refractivity contribution in [3.05, 3.63) is 29.3 Å². The molecule has 1 atom stereocenters. The second-order valence-electron chi connectivity index (χ2n) is 4.74. The summed E-state index contributed by atoms with van der Waals surface area (Å²) < 4.78 is 29.0. The molecule has 0 aliphatic heterocycles. The fourth-order valence-electron chi connectivity index (χ4n) is 1.69. The van der Waals surface area contributed by atoms with Crippen LogP contribution >= 0.6 is 0 Å². The van der Waals surface area contributed by atoms with E-state index in [1.807, 2.05) is 6.92 Å². The molecule has 3 N–H and O–H groups in total. The predicted molar refractivity (Wildman–Crippen MR) is 74.3 cm³/mol. The van der Waals surface area contributed by atoms with Crippen molar-refractivity contribution in [2.24, 2.45) is 0 Å². The Morgan fingerprint density at radius 3 is 2.71 bits per heavy atom. The molecule has 1 unspecified atom stereocenters. The van der Waals surface area contributed by atoms with Gasteiger partial charge < -0.3 is 20.5 Å². The van der Waals surface area contributed by atoms with E-state index in [1.54, 1.807) is 19.1 Å². The number of hydrogen-bond donors (Lipinski definition) is 3. The van der Waals surface area contributed by atoms with E-state index in [0.29, 0.717) is 18.5 Å². The topological polar surface area (TPSA) is 70.6 Å². The van der Waals surface area contributed by atoms with Gasteiger partial charge in [-0.2, -0.15) is 8.78 Å². The standard InChI is InChI=1S/C14H20F2N2O3/c1-9-3-4-12(21-13(15)16)11(7-9)8-18-14(20)17-6-5-10(2)19/h3-4,7,10,13,19H,5-6,8H2,1-2H3,(H2,17,18,20). The summed E-state index contributed by atoms with van der Waals surface area (Å²) >= 11 is 0. The first kappa shape index (κ1) is 17.2. The minimum absolute atomic E-state index is 0.0416. The predicted octanol–water partition coefficient (Wildman–Crippen LogP) is 2.17. The van der Waals surface area contributed by atoms with Gasteiger partial charge in [0, 0.05) is 18.7 Å². The zero-order valence-corrected chi connectivity index (χ0v) is 12.0. The second kappa shape index (κ2) is 8.41. The maximum absolute atomic E-state index is 12.3. The van der Waals surface area contributed by atoms with E-state index >= 15 is 0 Å². The smallest absolute Gasteiger partial charge is 0.387 e. The summed E-state index contributed by atoms with van der Waals surface area (Å²) in [6.07, 6.45) is -0.0504. The average molecular weight is 302 g/mol. The molecule has 118 valence electrons. The number of hydrogen-bond acceptors (Lipinski definition) is 3. The molecule has 0 aliphatic carbocycles. The molecule has 0 radical (unpaired) electrons. The summed E-state index contributed by atoms with van der Waals surface area (Å²) in [6, 6.07) is 4.35. The van der Waals surface area contributed by atoms with Crippen LogP contribution < -0.4 is 15.4 Å². The van der Waals surface area contributed by atoms with E-state index in [2.05, 4.69) is 15.4 Å². The second-order valence-corrected chi connectivity index (χ2v) is 4.74. The number of benzene rings is 1. The van der Waals surface area contributed by atoms with Crippen molar-refractivity contribution in [3.8, 4) is 5.75 Å². The van der Waals surface area contributed by atoms with Crippen LogP contribution in [0.25, 0.3) is 0 Å². The fourth-order valence-corrected chi connectivity index (χ4v) is 1.69. The summed E-state index contributed by atoms with van der Waals surface area (Å²) in [5, 5.41) is 14.2. The number of aliphatic hydroxyl groups is 1. The van der Waals surface area contributed by atoms with Crippen molar-refractivity contribution in [1.82, 2.24) is 10.6 Å². The Morgan fingerprint density at radius 1 is 1.38 bits per heavy atom. The highest BCUT2D eigenvalue weighted by Gasteiger charge is 2.11. The molecule has 5 nitrogen and oxygen atoms in total. The molecule has 0 saturated carbocycles. The number of carbonyl (C=O) groups excluding carboxylic acids is 1. The number of urea groups is 1. The zero-order chi connectivity index (χ0) is 15.8. The van der Waals surface area contributed by atoms with Crippen molar-refractivity contribution in [2.75, 3.05) is 6.54 Å². The average Bonchev–Trinajstić information content (AvgIpc) is 2.38. The van der Waals surface area contributed by atoms with Crippen LogP contribution in [0.3, 0.4) is 0 Å². The van der Waals surface area contributed by atoms with Crippen LogP contribution in [0.15, 0.2) is 18.2 Å². The number of rotatable bonds is 7. The third-order valence-corrected chi connectivity index (χ3v) is 2.72. The van der Waals surface area contributed by atoms with Crippen LogP contribution in [0.5, 0.6) is 5.75 Å². The molecule has 0 bridgehead atoms. The molecule has 0 saturated heterocycles. The number of alkyl halides is 2. The highest BCUT2D eigenvalue weighted by atomic mass is 19.3. The van der Waals surface area contributed by atoms with Crippen LogP contribution in [-0.2, 0) is 6.54 Å². The monoisotopic (exact) mass is 302 g/mol. The SMILES string of the molecule is Cc1ccc(OC(F)F)c(CNC(=O)NCCC(C)O)c1. The maximum Gasteiger partial charge on any atom is 0.387 e. The molecule has 0 heterocycles. The molecule has 1 aromatic carbocycles. The number of amides is 2. The first-order valence-electron chi connectivity index (χ1n) is 6.62. The van der Waals surface area contributed by atoms with Crippen molar-refractivity contribution in [3.63, 3.8) is 0 Å². The molecular formula is C14H20F2N2O3. The molecule has 21 heavy (non-hydrogen) atoms. The Balaban J connectivity index is 2.53. The lowest BCUT2D eigenvalue weighted by atomic mass is 10.1. The minimum atomic E-state index is -2.91. The van der Waals surface area contributed by atoms with Crippen LogP contribution in [0.1, 0.15) is 24.5 Å². The molecule has 7 heteroatoms. The molecule has 1 aromatic rings. The highest BCUT2D eigenvalue weighted by Crippen LogP contribution is 2.21. The van der Waals surface area contributed by atoms with Crippen LogP contribution in [0, 0.1) is 6.92 Å². The van der Waals surface area contributed by atoms with Gasteiger partial charge in [0.25, 0.3) is 0 Å². The Hall–Kier alpha value is -1.89. The van der Waals surface area contributed by atoms with Crippen molar-refractivity contribution in [1.29, 1.82) is 0 Å². The van der Waals surface area contributed by atoms with Gasteiger partial charge in [-0.1, -0.05) is 17.7 Å². The van der Waals surface area contributed by atoms with Gasteiger partial charge >= 0.3 is 12.6 Å². The van der Waals surface area contributed by atoms with E-state index < -0.39 is 18.7 Å². The molecule has 0 fully saturated rings. The number of aryl methyl sites for hydroxylation is 1. The summed E-state index contributed by atoms with van der Waals surface area (Å²) in [6.45, 7) is 0.937. The quantitative estimate of drug-likeness (QED) is 0.723. The lowest BCUT2D eigenvalue weighted by molar-refractivity contribution is -0.0504. The van der Waals surface area contributed by atoms with Gasteiger partial charge in [0.15, 0.2) is 0 Å². The van der Waals surface area contributed by atoms with Crippen LogP contribution in [-0.4, -0.2) is 30.4 Å². The lowest BCUT2D eigenvalue weighted by Gasteiger charge is -2.13. The van der Waals surface area contributed by atoms with Crippen molar-refractivity contribution in [2.45, 2.75) is 39.5 Å². The number of halogens is 2. The van der Waals surface area contributed by atoms with Crippen LogP contribution in [0.4, 0.5) is 13.6 Å². The molecule has 0 aromatic heterocycles. The Labute approximate surface area is 122 Å². The first-order chi connectivity index (χ1) is 9.88. The summed E-state index contributed by atoms with van der Waals surface area (Å²) in [5.74, 6) is 0.0416. The summed E-state index contributed by atoms with van der Waals surface area (Å²) in [7, 11) is 0. The fraction of sp³-hybridized carbons (Fsp3) is 0.500. The maximum atomic E-state index is 12.3. The van der Waals surface area contributed by atoms with Crippen molar-refractivity contribution >= 4 is 6.03 Å². The van der Waals surface area contributed by atoms with E-state index in [-0.39, 0.29) is 12.3 Å². The van der Waals surface area contributed by atoms with Gasteiger partial charge in [-0.25, -0.2) is 4.79 Å². The number of aliphatic hydroxyl groups excluding tert-OH is 1. The lowest BCUT2D eigenvalue weighted by Crippen LogP contribution is -2.36. The molecule has 0 aliphatic rings. The van der Waals surface area contributed by atoms with E-state index in [9.17, 15) is 13.6 Å². The third-order valence-electron chi connectivity index (χ3n) is 2.72. The third kappa shape index (κ3) is 6.89. The molecule has 1 rings (SSSR count). The molecule has 2 amide bonds. The summed E-state index contributed by atoms with van der Waals surface area (Å²) in [5.41, 5.74) is 1.35. The van der Waals surface area contributed by atoms with Gasteiger partial charge in [-0.15, -0.1) is 0 Å². The van der Waals surface area contributed by atoms with Crippen molar-refractivity contribution < 1.29 is 23.4 Å². The van der Waals surface area contributed by atoms with Gasteiger partial charge in [0.2, 0.25) is 0 Å². The highest BCUT2D eigenvalue weighted by molar-refractivity contribution is 5.73. The summed E-state index contributed by atoms with van der Waals surface area (Å²) in [4.78, 5) is 11.5. The molecular weight excluding hydrogens is 282 g/mol. The van der Waals surface area contributed by atoms with E-state index in [1.165, 1.54) is 6.07 Å².